The molecule has 1 saturated heterocycles. The van der Waals surface area contributed by atoms with E-state index in [2.05, 4.69) is 15.5 Å². The third kappa shape index (κ3) is 1.87. The van der Waals surface area contributed by atoms with Crippen molar-refractivity contribution in [1.29, 1.82) is 0 Å². The average Bonchev–Trinajstić information content (AvgIpc) is 2.98. The van der Waals surface area contributed by atoms with Crippen molar-refractivity contribution in [1.82, 2.24) is 20.2 Å². The molecule has 0 aliphatic carbocycles. The molecule has 2 aromatic rings. The van der Waals surface area contributed by atoms with E-state index < -0.39 is 0 Å². The van der Waals surface area contributed by atoms with Crippen LogP contribution >= 0.6 is 0 Å². The van der Waals surface area contributed by atoms with Crippen LogP contribution in [0.4, 0.5) is 5.95 Å². The highest BCUT2D eigenvalue weighted by Crippen LogP contribution is 2.19. The molecule has 1 N–H and O–H groups in total. The number of para-hydroxylation sites is 1. The van der Waals surface area contributed by atoms with Crippen LogP contribution in [0.3, 0.4) is 0 Å². The van der Waals surface area contributed by atoms with Crippen LogP contribution in [0, 0.1) is 0 Å². The van der Waals surface area contributed by atoms with E-state index in [1.165, 1.54) is 0 Å². The maximum atomic E-state index is 9.54. The summed E-state index contributed by atoms with van der Waals surface area (Å²) >= 11 is 0. The lowest BCUT2D eigenvalue weighted by atomic mass is 10.3. The summed E-state index contributed by atoms with van der Waals surface area (Å²) in [7, 11) is 0. The van der Waals surface area contributed by atoms with Crippen LogP contribution in [0.1, 0.15) is 6.42 Å². The van der Waals surface area contributed by atoms with Crippen molar-refractivity contribution in [2.45, 2.75) is 12.5 Å². The minimum Gasteiger partial charge on any atom is -0.391 e. The number of anilines is 1. The number of hydrogen-bond donors (Lipinski definition) is 1. The Labute approximate surface area is 98.5 Å². The second-order valence-electron chi connectivity index (χ2n) is 4.11. The summed E-state index contributed by atoms with van der Waals surface area (Å²) in [5.41, 5.74) is 0.925. The predicted octanol–water partition coefficient (Wildman–Crippen LogP) is 0.233. The number of hydrogen-bond acceptors (Lipinski definition) is 5. The van der Waals surface area contributed by atoms with Gasteiger partial charge in [0.1, 0.15) is 0 Å². The van der Waals surface area contributed by atoms with Gasteiger partial charge in [-0.3, -0.25) is 0 Å². The van der Waals surface area contributed by atoms with Crippen LogP contribution in [-0.2, 0) is 0 Å². The molecule has 0 bridgehead atoms. The first-order valence-electron chi connectivity index (χ1n) is 5.61. The van der Waals surface area contributed by atoms with Crippen molar-refractivity contribution in [3.8, 4) is 5.69 Å². The number of nitrogens with zero attached hydrogens (tertiary/aromatic N) is 5. The van der Waals surface area contributed by atoms with Gasteiger partial charge in [0.2, 0.25) is 5.95 Å². The Hall–Kier alpha value is -1.95. The molecular formula is C11H13N5O. The maximum absolute atomic E-state index is 9.54. The van der Waals surface area contributed by atoms with E-state index in [-0.39, 0.29) is 6.10 Å². The monoisotopic (exact) mass is 231 g/mol. The molecule has 1 unspecified atom stereocenters. The summed E-state index contributed by atoms with van der Waals surface area (Å²) in [6, 6.07) is 9.74. The smallest absolute Gasteiger partial charge is 0.250 e. The fraction of sp³-hybridized carbons (Fsp3) is 0.364. The first-order chi connectivity index (χ1) is 8.34. The molecule has 1 aliphatic heterocycles. The van der Waals surface area contributed by atoms with Gasteiger partial charge >= 0.3 is 0 Å². The van der Waals surface area contributed by atoms with Crippen LogP contribution in [0.15, 0.2) is 30.3 Å². The van der Waals surface area contributed by atoms with Crippen molar-refractivity contribution < 1.29 is 5.11 Å². The van der Waals surface area contributed by atoms with E-state index >= 15 is 0 Å². The van der Waals surface area contributed by atoms with Crippen LogP contribution in [0.5, 0.6) is 0 Å². The molecule has 1 aromatic heterocycles. The molecular weight excluding hydrogens is 218 g/mol. The molecule has 88 valence electrons. The SMILES string of the molecule is OC1CCN(c2nnnn2-c2ccccc2)C1. The fourth-order valence-electron chi connectivity index (χ4n) is 2.04. The normalized spacial score (nSPS) is 19.8. The van der Waals surface area contributed by atoms with Gasteiger partial charge in [-0.15, -0.1) is 0 Å². The van der Waals surface area contributed by atoms with Crippen molar-refractivity contribution in [2.75, 3.05) is 18.0 Å². The summed E-state index contributed by atoms with van der Waals surface area (Å²) in [6.45, 7) is 1.38. The highest BCUT2D eigenvalue weighted by Gasteiger charge is 2.25. The highest BCUT2D eigenvalue weighted by molar-refractivity contribution is 5.41. The van der Waals surface area contributed by atoms with E-state index in [0.29, 0.717) is 12.5 Å². The first kappa shape index (κ1) is 10.2. The Kier molecular flexibility index (Phi) is 2.49. The molecule has 6 nitrogen and oxygen atoms in total. The minimum atomic E-state index is -0.282. The number of aromatic nitrogens is 4. The van der Waals surface area contributed by atoms with Gasteiger partial charge in [0.25, 0.3) is 0 Å². The maximum Gasteiger partial charge on any atom is 0.250 e. The summed E-state index contributed by atoms with van der Waals surface area (Å²) in [6.07, 6.45) is 0.484. The number of benzene rings is 1. The largest absolute Gasteiger partial charge is 0.391 e. The van der Waals surface area contributed by atoms with Gasteiger partial charge < -0.3 is 10.0 Å². The number of tetrazole rings is 1. The lowest BCUT2D eigenvalue weighted by molar-refractivity contribution is 0.198. The number of β-amino-alcohol motifs (C(OH)–C–C–N with tert-alkyl or cyclic N) is 1. The van der Waals surface area contributed by atoms with Crippen molar-refractivity contribution >= 4 is 5.95 Å². The van der Waals surface area contributed by atoms with Gasteiger partial charge in [-0.05, 0) is 29.0 Å². The summed E-state index contributed by atoms with van der Waals surface area (Å²) in [5, 5.41) is 21.3. The van der Waals surface area contributed by atoms with E-state index in [9.17, 15) is 5.11 Å². The van der Waals surface area contributed by atoms with Crippen LogP contribution in [0.2, 0.25) is 0 Å². The Morgan fingerprint density at radius 1 is 1.24 bits per heavy atom. The van der Waals surface area contributed by atoms with Gasteiger partial charge in [0, 0.05) is 13.1 Å². The molecule has 1 atom stereocenters. The summed E-state index contributed by atoms with van der Waals surface area (Å²) in [4.78, 5) is 2.00. The van der Waals surface area contributed by atoms with Crippen molar-refractivity contribution in [3.63, 3.8) is 0 Å². The number of aliphatic hydroxyl groups is 1. The molecule has 1 aromatic carbocycles. The van der Waals surface area contributed by atoms with E-state index in [0.717, 1.165) is 18.7 Å². The second-order valence-corrected chi connectivity index (χ2v) is 4.11. The third-order valence-electron chi connectivity index (χ3n) is 2.90. The molecule has 1 fully saturated rings. The molecule has 17 heavy (non-hydrogen) atoms. The van der Waals surface area contributed by atoms with Crippen molar-refractivity contribution in [2.24, 2.45) is 0 Å². The molecule has 0 amide bonds. The van der Waals surface area contributed by atoms with Gasteiger partial charge in [-0.2, -0.15) is 4.68 Å². The van der Waals surface area contributed by atoms with Gasteiger partial charge in [-0.1, -0.05) is 23.3 Å². The molecule has 0 saturated carbocycles. The Morgan fingerprint density at radius 3 is 2.76 bits per heavy atom. The van der Waals surface area contributed by atoms with Crippen LogP contribution in [-0.4, -0.2) is 44.5 Å². The predicted molar refractivity (Wildman–Crippen MR) is 62.0 cm³/mol. The topological polar surface area (TPSA) is 67.1 Å². The summed E-state index contributed by atoms with van der Waals surface area (Å²) < 4.78 is 1.69. The number of aliphatic hydroxyl groups excluding tert-OH is 1. The van der Waals surface area contributed by atoms with E-state index in [1.807, 2.05) is 35.2 Å². The average molecular weight is 231 g/mol. The third-order valence-corrected chi connectivity index (χ3v) is 2.90. The molecule has 2 heterocycles. The minimum absolute atomic E-state index is 0.282. The lowest BCUT2D eigenvalue weighted by Gasteiger charge is -2.15. The Balaban J connectivity index is 1.95. The first-order valence-corrected chi connectivity index (χ1v) is 5.61. The molecule has 6 heteroatoms. The highest BCUT2D eigenvalue weighted by atomic mass is 16.3. The van der Waals surface area contributed by atoms with E-state index in [1.54, 1.807) is 4.68 Å². The van der Waals surface area contributed by atoms with Gasteiger partial charge in [-0.25, -0.2) is 0 Å². The van der Waals surface area contributed by atoms with Gasteiger partial charge in [0.05, 0.1) is 11.8 Å². The zero-order valence-electron chi connectivity index (χ0n) is 9.27. The number of rotatable bonds is 2. The van der Waals surface area contributed by atoms with E-state index in [4.69, 9.17) is 0 Å². The fourth-order valence-corrected chi connectivity index (χ4v) is 2.04. The Bertz CT molecular complexity index is 498. The molecule has 0 spiro atoms. The molecule has 1 aliphatic rings. The second kappa shape index (κ2) is 4.14. The standard InChI is InChI=1S/C11H13N5O/c17-10-6-7-15(8-10)11-12-13-14-16(11)9-4-2-1-3-5-9/h1-5,10,17H,6-8H2. The van der Waals surface area contributed by atoms with Crippen LogP contribution < -0.4 is 4.90 Å². The van der Waals surface area contributed by atoms with Crippen LogP contribution in [0.25, 0.3) is 5.69 Å². The van der Waals surface area contributed by atoms with Gasteiger partial charge in [0.15, 0.2) is 0 Å². The Morgan fingerprint density at radius 2 is 2.06 bits per heavy atom. The quantitative estimate of drug-likeness (QED) is 0.801. The molecule has 3 rings (SSSR count). The lowest BCUT2D eigenvalue weighted by Crippen LogP contribution is -2.24. The summed E-state index contributed by atoms with van der Waals surface area (Å²) in [5.74, 6) is 0.688. The molecule has 0 radical (unpaired) electrons. The van der Waals surface area contributed by atoms with Crippen molar-refractivity contribution in [3.05, 3.63) is 30.3 Å². The zero-order chi connectivity index (χ0) is 11.7. The zero-order valence-corrected chi connectivity index (χ0v) is 9.27.